The molecule has 0 aliphatic carbocycles. The van der Waals surface area contributed by atoms with Gasteiger partial charge in [-0.1, -0.05) is 85.2 Å². The van der Waals surface area contributed by atoms with Crippen molar-refractivity contribution >= 4 is 58.2 Å². The highest BCUT2D eigenvalue weighted by Crippen LogP contribution is 2.41. The van der Waals surface area contributed by atoms with Crippen molar-refractivity contribution in [2.45, 2.75) is 24.7 Å². The van der Waals surface area contributed by atoms with E-state index in [1.165, 1.54) is 17.3 Å². The zero-order valence-corrected chi connectivity index (χ0v) is 19.8. The predicted octanol–water partition coefficient (Wildman–Crippen LogP) is 7.11. The lowest BCUT2D eigenvalue weighted by Gasteiger charge is -2.17. The van der Waals surface area contributed by atoms with Crippen molar-refractivity contribution in [3.05, 3.63) is 99.0 Å². The van der Waals surface area contributed by atoms with E-state index in [-0.39, 0.29) is 21.4 Å². The summed E-state index contributed by atoms with van der Waals surface area (Å²) in [7, 11) is 0. The van der Waals surface area contributed by atoms with Crippen molar-refractivity contribution in [2.24, 2.45) is 0 Å². The molecule has 3 aromatic rings. The van der Waals surface area contributed by atoms with Crippen molar-refractivity contribution in [2.75, 3.05) is 10.2 Å². The fourth-order valence-electron chi connectivity index (χ4n) is 3.30. The van der Waals surface area contributed by atoms with Crippen molar-refractivity contribution in [1.29, 1.82) is 0 Å². The molecule has 0 atom stereocenters. The van der Waals surface area contributed by atoms with E-state index in [0.717, 1.165) is 15.5 Å². The topological polar surface area (TPSA) is 49.4 Å². The summed E-state index contributed by atoms with van der Waals surface area (Å²) in [4.78, 5) is 29.1. The van der Waals surface area contributed by atoms with Crippen LogP contribution < -0.4 is 10.2 Å². The third-order valence-electron chi connectivity index (χ3n) is 5.02. The second kappa shape index (κ2) is 9.41. The quantitative estimate of drug-likeness (QED) is 0.380. The van der Waals surface area contributed by atoms with Crippen molar-refractivity contribution in [3.8, 4) is 0 Å². The summed E-state index contributed by atoms with van der Waals surface area (Å²) in [6.45, 7) is 4.23. The van der Waals surface area contributed by atoms with Gasteiger partial charge in [0.2, 0.25) is 0 Å². The third-order valence-corrected chi connectivity index (χ3v) is 6.92. The predicted molar refractivity (Wildman–Crippen MR) is 132 cm³/mol. The maximum Gasteiger partial charge on any atom is 0.283 e. The normalized spacial score (nSPS) is 14.0. The summed E-state index contributed by atoms with van der Waals surface area (Å²) in [5, 5.41) is 3.59. The lowest BCUT2D eigenvalue weighted by Crippen LogP contribution is -2.32. The van der Waals surface area contributed by atoms with E-state index in [2.05, 4.69) is 19.2 Å². The summed E-state index contributed by atoms with van der Waals surface area (Å²) in [5.74, 6) is -0.539. The van der Waals surface area contributed by atoms with Crippen molar-refractivity contribution in [1.82, 2.24) is 0 Å². The molecule has 1 aliphatic heterocycles. The summed E-state index contributed by atoms with van der Waals surface area (Å²) < 4.78 is 0. The molecule has 0 fully saturated rings. The van der Waals surface area contributed by atoms with Crippen LogP contribution in [-0.2, 0) is 9.59 Å². The van der Waals surface area contributed by atoms with Crippen molar-refractivity contribution in [3.63, 3.8) is 0 Å². The molecule has 0 bridgehead atoms. The highest BCUT2D eigenvalue weighted by molar-refractivity contribution is 8.04. The average molecular weight is 483 g/mol. The lowest BCUT2D eigenvalue weighted by atomic mass is 10.0. The molecule has 0 saturated carbocycles. The molecule has 0 unspecified atom stereocenters. The van der Waals surface area contributed by atoms with Crippen LogP contribution in [0.2, 0.25) is 10.0 Å². The van der Waals surface area contributed by atoms with Gasteiger partial charge in [0.15, 0.2) is 0 Å². The van der Waals surface area contributed by atoms with Crippen LogP contribution in [0.15, 0.2) is 88.3 Å². The molecule has 3 aromatic carbocycles. The molecule has 4 rings (SSSR count). The minimum absolute atomic E-state index is 0.155. The summed E-state index contributed by atoms with van der Waals surface area (Å²) in [5.41, 5.74) is 2.37. The van der Waals surface area contributed by atoms with E-state index in [1.54, 1.807) is 18.2 Å². The number of carbonyl (C=O) groups is 2. The van der Waals surface area contributed by atoms with Gasteiger partial charge >= 0.3 is 0 Å². The summed E-state index contributed by atoms with van der Waals surface area (Å²) >= 11 is 13.7. The van der Waals surface area contributed by atoms with Gasteiger partial charge in [-0.25, -0.2) is 4.90 Å². The number of amides is 2. The van der Waals surface area contributed by atoms with Crippen LogP contribution in [0.1, 0.15) is 25.3 Å². The molecule has 1 heterocycles. The number of nitrogens with one attached hydrogen (secondary N) is 1. The number of benzene rings is 3. The summed E-state index contributed by atoms with van der Waals surface area (Å²) in [6.07, 6.45) is 0. The Morgan fingerprint density at radius 3 is 2.19 bits per heavy atom. The van der Waals surface area contributed by atoms with Crippen LogP contribution in [0.5, 0.6) is 0 Å². The number of nitrogens with zero attached hydrogens (tertiary/aromatic N) is 1. The van der Waals surface area contributed by atoms with E-state index in [0.29, 0.717) is 10.8 Å². The molecule has 0 saturated heterocycles. The van der Waals surface area contributed by atoms with E-state index < -0.39 is 11.8 Å². The Morgan fingerprint density at radius 2 is 1.53 bits per heavy atom. The lowest BCUT2D eigenvalue weighted by molar-refractivity contribution is -0.120. The van der Waals surface area contributed by atoms with E-state index >= 15 is 0 Å². The molecule has 2 amide bonds. The zero-order valence-electron chi connectivity index (χ0n) is 17.4. The van der Waals surface area contributed by atoms with Gasteiger partial charge in [-0.2, -0.15) is 0 Å². The van der Waals surface area contributed by atoms with Gasteiger partial charge in [0.25, 0.3) is 11.8 Å². The molecule has 162 valence electrons. The SMILES string of the molecule is CC(C)c1ccc(NC2=C(Sc3ccccc3)C(=O)N(c3cccc(Cl)c3Cl)C2=O)cc1. The number of rotatable bonds is 6. The van der Waals surface area contributed by atoms with Crippen LogP contribution in [-0.4, -0.2) is 11.8 Å². The Balaban J connectivity index is 1.74. The maximum absolute atomic E-state index is 13.4. The second-order valence-corrected chi connectivity index (χ2v) is 9.41. The fourth-order valence-corrected chi connectivity index (χ4v) is 4.63. The summed E-state index contributed by atoms with van der Waals surface area (Å²) in [6, 6.07) is 22.1. The Morgan fingerprint density at radius 1 is 0.844 bits per heavy atom. The van der Waals surface area contributed by atoms with Crippen LogP contribution in [0, 0.1) is 0 Å². The number of imide groups is 1. The van der Waals surface area contributed by atoms with Crippen molar-refractivity contribution < 1.29 is 9.59 Å². The maximum atomic E-state index is 13.4. The van der Waals surface area contributed by atoms with E-state index in [4.69, 9.17) is 23.2 Å². The number of halogens is 2. The highest BCUT2D eigenvalue weighted by Gasteiger charge is 2.41. The molecule has 0 radical (unpaired) electrons. The Bertz CT molecular complexity index is 1210. The second-order valence-electron chi connectivity index (χ2n) is 7.54. The molecule has 0 spiro atoms. The first-order chi connectivity index (χ1) is 15.4. The molecule has 32 heavy (non-hydrogen) atoms. The van der Waals surface area contributed by atoms with Crippen LogP contribution >= 0.6 is 35.0 Å². The molecule has 4 nitrogen and oxygen atoms in total. The number of thioether (sulfide) groups is 1. The van der Waals surface area contributed by atoms with Gasteiger partial charge in [0.05, 0.1) is 15.7 Å². The number of hydrogen-bond donors (Lipinski definition) is 1. The molecular weight excluding hydrogens is 463 g/mol. The van der Waals surface area contributed by atoms with Crippen LogP contribution in [0.3, 0.4) is 0 Å². The third kappa shape index (κ3) is 4.42. The van der Waals surface area contributed by atoms with E-state index in [1.807, 2.05) is 54.6 Å². The molecule has 0 aromatic heterocycles. The largest absolute Gasteiger partial charge is 0.350 e. The van der Waals surface area contributed by atoms with Crippen LogP contribution in [0.4, 0.5) is 11.4 Å². The first kappa shape index (κ1) is 22.5. The molecular formula is C25H20Cl2N2O2S. The molecule has 1 aliphatic rings. The standard InChI is InChI=1S/C25H20Cl2N2O2S/c1-15(2)16-11-13-17(14-12-16)28-22-23(32-18-7-4-3-5-8-18)25(31)29(24(22)30)20-10-6-9-19(26)21(20)27/h3-15,28H,1-2H3. The minimum Gasteiger partial charge on any atom is -0.350 e. The smallest absolute Gasteiger partial charge is 0.283 e. The molecule has 7 heteroatoms. The van der Waals surface area contributed by atoms with Gasteiger partial charge in [0.1, 0.15) is 10.6 Å². The highest BCUT2D eigenvalue weighted by atomic mass is 35.5. The van der Waals surface area contributed by atoms with Gasteiger partial charge in [-0.3, -0.25) is 9.59 Å². The van der Waals surface area contributed by atoms with E-state index in [9.17, 15) is 9.59 Å². The zero-order chi connectivity index (χ0) is 22.8. The first-order valence-electron chi connectivity index (χ1n) is 10.0. The minimum atomic E-state index is -0.481. The number of hydrogen-bond acceptors (Lipinski definition) is 4. The number of anilines is 2. The Kier molecular flexibility index (Phi) is 6.60. The van der Waals surface area contributed by atoms with Crippen LogP contribution in [0.25, 0.3) is 0 Å². The van der Waals surface area contributed by atoms with Gasteiger partial charge in [0, 0.05) is 10.6 Å². The fraction of sp³-hybridized carbons (Fsp3) is 0.120. The first-order valence-corrected chi connectivity index (χ1v) is 11.6. The van der Waals surface area contributed by atoms with Gasteiger partial charge in [-0.05, 0) is 47.9 Å². The molecule has 1 N–H and O–H groups in total. The van der Waals surface area contributed by atoms with Gasteiger partial charge in [-0.15, -0.1) is 0 Å². The number of carbonyl (C=O) groups excluding carboxylic acids is 2. The monoisotopic (exact) mass is 482 g/mol. The van der Waals surface area contributed by atoms with Gasteiger partial charge < -0.3 is 5.32 Å². The average Bonchev–Trinajstić information content (AvgIpc) is 3.01. The Hall–Kier alpha value is -2.73. The Labute approximate surface area is 201 Å².